The van der Waals surface area contributed by atoms with E-state index in [0.29, 0.717) is 0 Å². The molecule has 17 heteroatoms. The number of esters is 4. The number of nitrogens with zero attached hydrogens (tertiary/aromatic N) is 2. The summed E-state index contributed by atoms with van der Waals surface area (Å²) in [5.41, 5.74) is -0.0503. The number of aromatic carboxylic acids is 1. The van der Waals surface area contributed by atoms with E-state index in [2.05, 4.69) is 0 Å². The molecule has 42 heavy (non-hydrogen) atoms. The van der Waals surface area contributed by atoms with Crippen LogP contribution in [0.25, 0.3) is 0 Å². The van der Waals surface area contributed by atoms with E-state index in [4.69, 9.17) is 18.9 Å². The minimum absolute atomic E-state index is 0.0896. The maximum absolute atomic E-state index is 13.0. The number of rotatable bonds is 13. The number of carboxylic acid groups (broad SMARTS) is 1. The monoisotopic (exact) mass is 930 g/mol. The predicted molar refractivity (Wildman–Crippen MR) is 172 cm³/mol. The molecule has 2 unspecified atom stereocenters. The zero-order valence-electron chi connectivity index (χ0n) is 23.4. The number of halogens is 3. The molecule has 0 fully saturated rings. The van der Waals surface area contributed by atoms with Crippen LogP contribution < -0.4 is 9.80 Å². The van der Waals surface area contributed by atoms with Gasteiger partial charge in [-0.1, -0.05) is 0 Å². The lowest BCUT2D eigenvalue weighted by Crippen LogP contribution is -2.43. The third kappa shape index (κ3) is 11.1. The van der Waals surface area contributed by atoms with Crippen molar-refractivity contribution in [3.8, 4) is 0 Å². The van der Waals surface area contributed by atoms with Gasteiger partial charge in [0.25, 0.3) is 0 Å². The van der Waals surface area contributed by atoms with Crippen LogP contribution >= 0.6 is 67.8 Å². The van der Waals surface area contributed by atoms with Gasteiger partial charge in [0.15, 0.2) is 12.2 Å². The molecule has 0 aliphatic rings. The molecule has 2 amide bonds. The molecule has 0 radical (unpaired) electrons. The number of carbonyl (C=O) groups is 7. The topological polar surface area (TPSA) is 183 Å². The van der Waals surface area contributed by atoms with Gasteiger partial charge in [-0.2, -0.15) is 0 Å². The van der Waals surface area contributed by atoms with Crippen molar-refractivity contribution < 1.29 is 57.6 Å². The Morgan fingerprint density at radius 1 is 0.619 bits per heavy atom. The molecule has 1 rings (SSSR count). The fourth-order valence-electron chi connectivity index (χ4n) is 3.60. The Labute approximate surface area is 282 Å². The highest BCUT2D eigenvalue weighted by molar-refractivity contribution is 14.1. The van der Waals surface area contributed by atoms with E-state index in [1.807, 2.05) is 22.6 Å². The van der Waals surface area contributed by atoms with Crippen LogP contribution in [0.4, 0.5) is 11.4 Å². The molecule has 0 bridgehead atoms. The molecule has 1 N–H and O–H groups in total. The molecule has 0 spiro atoms. The number of carbonyl (C=O) groups excluding carboxylic acids is 6. The minimum Gasteiger partial charge on any atom is -0.478 e. The van der Waals surface area contributed by atoms with Crippen LogP contribution in [0.1, 0.15) is 51.9 Å². The zero-order chi connectivity index (χ0) is 32.5. The van der Waals surface area contributed by atoms with E-state index >= 15 is 0 Å². The van der Waals surface area contributed by atoms with Gasteiger partial charge < -0.3 is 33.9 Å². The summed E-state index contributed by atoms with van der Waals surface area (Å²) in [4.78, 5) is 87.0. The van der Waals surface area contributed by atoms with Crippen LogP contribution in [0.2, 0.25) is 0 Å². The quantitative estimate of drug-likeness (QED) is 0.174. The van der Waals surface area contributed by atoms with Gasteiger partial charge in [-0.25, -0.2) is 4.79 Å². The lowest BCUT2D eigenvalue weighted by atomic mass is 10.1. The lowest BCUT2D eigenvalue weighted by molar-refractivity contribution is -0.155. The molecule has 1 aromatic carbocycles. The van der Waals surface area contributed by atoms with Crippen LogP contribution in [0.15, 0.2) is 0 Å². The summed E-state index contributed by atoms with van der Waals surface area (Å²) in [6.07, 6.45) is -2.22. The second-order valence-electron chi connectivity index (χ2n) is 8.65. The van der Waals surface area contributed by atoms with E-state index in [9.17, 15) is 38.7 Å². The predicted octanol–water partition coefficient (Wildman–Crippen LogP) is 2.89. The Bertz CT molecular complexity index is 1180. The van der Waals surface area contributed by atoms with Gasteiger partial charge in [0.05, 0.1) is 40.7 Å². The van der Waals surface area contributed by atoms with Crippen LogP contribution in [0, 0.1) is 10.7 Å². The van der Waals surface area contributed by atoms with Gasteiger partial charge in [-0.3, -0.25) is 28.8 Å². The molecule has 1 aromatic rings. The highest BCUT2D eigenvalue weighted by atomic mass is 127. The average Bonchev–Trinajstić information content (AvgIpc) is 2.83. The number of amides is 2. The summed E-state index contributed by atoms with van der Waals surface area (Å²) < 4.78 is 21.0. The van der Waals surface area contributed by atoms with Crippen LogP contribution in [0.3, 0.4) is 0 Å². The van der Waals surface area contributed by atoms with E-state index in [0.717, 1.165) is 37.5 Å². The highest BCUT2D eigenvalue weighted by Crippen LogP contribution is 2.43. The molecular formula is C25H29I3N2O12. The van der Waals surface area contributed by atoms with Crippen molar-refractivity contribution >= 4 is 121 Å². The highest BCUT2D eigenvalue weighted by Gasteiger charge is 2.34. The number of hydrogen-bond acceptors (Lipinski definition) is 11. The number of ether oxygens (including phenoxy) is 4. The molecule has 0 aliphatic heterocycles. The summed E-state index contributed by atoms with van der Waals surface area (Å²) in [6, 6.07) is 0. The van der Waals surface area contributed by atoms with Crippen molar-refractivity contribution in [1.29, 1.82) is 0 Å². The Hall–Kier alpha value is -2.30. The third-order valence-electron chi connectivity index (χ3n) is 5.17. The molecule has 0 saturated carbocycles. The first-order valence-electron chi connectivity index (χ1n) is 12.0. The van der Waals surface area contributed by atoms with Gasteiger partial charge in [0, 0.05) is 41.5 Å². The Balaban J connectivity index is 3.92. The first-order valence-corrected chi connectivity index (χ1v) is 15.2. The van der Waals surface area contributed by atoms with Crippen LogP contribution in [-0.4, -0.2) is 85.3 Å². The van der Waals surface area contributed by atoms with Gasteiger partial charge in [-0.05, 0) is 67.8 Å². The largest absolute Gasteiger partial charge is 0.478 e. The summed E-state index contributed by atoms with van der Waals surface area (Å²) in [5, 5.41) is 10.1. The standard InChI is InChI=1S/C25H29I3N2O12/c1-11(31)29(7-17(41-15(5)35)9-39-13(3)33)23-20(26)19(25(37)38)21(27)24(22(23)28)30(12(2)32)8-18(42-16(6)36)10-40-14(4)34/h17-18H,7-10H2,1-6H3,(H,37,38). The van der Waals surface area contributed by atoms with Crippen LogP contribution in [-0.2, 0) is 47.7 Å². The molecule has 232 valence electrons. The first-order chi connectivity index (χ1) is 19.4. The second-order valence-corrected chi connectivity index (χ2v) is 11.9. The van der Waals surface area contributed by atoms with Crippen molar-refractivity contribution in [2.75, 3.05) is 36.1 Å². The smallest absolute Gasteiger partial charge is 0.338 e. The summed E-state index contributed by atoms with van der Waals surface area (Å²) in [7, 11) is 0. The normalized spacial score (nSPS) is 11.9. The Morgan fingerprint density at radius 2 is 0.952 bits per heavy atom. The maximum Gasteiger partial charge on any atom is 0.338 e. The first kappa shape index (κ1) is 37.7. The van der Waals surface area contributed by atoms with Crippen molar-refractivity contribution in [3.05, 3.63) is 16.3 Å². The van der Waals surface area contributed by atoms with E-state index in [1.54, 1.807) is 45.2 Å². The van der Waals surface area contributed by atoms with Gasteiger partial charge in [0.2, 0.25) is 11.8 Å². The number of hydrogen-bond donors (Lipinski definition) is 1. The molecule has 0 aliphatic carbocycles. The zero-order valence-corrected chi connectivity index (χ0v) is 29.9. The van der Waals surface area contributed by atoms with Crippen molar-refractivity contribution in [2.24, 2.45) is 0 Å². The SMILES string of the molecule is CC(=O)OCC(CN(C(C)=O)c1c(I)c(C(=O)O)c(I)c(N(CC(COC(C)=O)OC(C)=O)C(C)=O)c1I)OC(C)=O. The number of anilines is 2. The number of carboxylic acids is 1. The summed E-state index contributed by atoms with van der Waals surface area (Å²) in [5.74, 6) is -5.22. The van der Waals surface area contributed by atoms with Gasteiger partial charge in [-0.15, -0.1) is 0 Å². The van der Waals surface area contributed by atoms with Crippen molar-refractivity contribution in [1.82, 2.24) is 0 Å². The molecule has 0 saturated heterocycles. The molecular weight excluding hydrogens is 901 g/mol. The number of benzene rings is 1. The molecule has 14 nitrogen and oxygen atoms in total. The third-order valence-corrected chi connectivity index (χ3v) is 8.29. The van der Waals surface area contributed by atoms with Crippen molar-refractivity contribution in [3.63, 3.8) is 0 Å². The lowest BCUT2D eigenvalue weighted by Gasteiger charge is -2.33. The fraction of sp³-hybridized carbons (Fsp3) is 0.480. The van der Waals surface area contributed by atoms with Crippen LogP contribution in [0.5, 0.6) is 0 Å². The van der Waals surface area contributed by atoms with Crippen molar-refractivity contribution in [2.45, 2.75) is 53.8 Å². The van der Waals surface area contributed by atoms with Gasteiger partial charge in [0.1, 0.15) is 13.2 Å². The Morgan fingerprint density at radius 3 is 1.19 bits per heavy atom. The molecule has 0 aromatic heterocycles. The summed E-state index contributed by atoms with van der Waals surface area (Å²) >= 11 is 5.41. The Kier molecular flexibility index (Phi) is 15.4. The molecule has 0 heterocycles. The fourth-order valence-corrected chi connectivity index (χ4v) is 8.39. The van der Waals surface area contributed by atoms with Gasteiger partial charge >= 0.3 is 29.8 Å². The van der Waals surface area contributed by atoms with E-state index in [-0.39, 0.29) is 54.0 Å². The minimum atomic E-state index is -1.36. The molecule has 2 atom stereocenters. The average molecular weight is 930 g/mol. The maximum atomic E-state index is 13.0. The summed E-state index contributed by atoms with van der Waals surface area (Å²) in [6.45, 7) is 5.60. The second kappa shape index (κ2) is 17.1. The van der Waals surface area contributed by atoms with E-state index in [1.165, 1.54) is 13.8 Å². The van der Waals surface area contributed by atoms with E-state index < -0.39 is 53.9 Å².